The number of hydrogen-bond donors (Lipinski definition) is 1. The van der Waals surface area contributed by atoms with Crippen molar-refractivity contribution in [3.8, 4) is 0 Å². The normalized spacial score (nSPS) is 12.7. The van der Waals surface area contributed by atoms with E-state index in [9.17, 15) is 0 Å². The highest BCUT2D eigenvalue weighted by molar-refractivity contribution is 5.16. The minimum absolute atomic E-state index is 0.441. The summed E-state index contributed by atoms with van der Waals surface area (Å²) in [5.41, 5.74) is 1.33. The fourth-order valence-electron chi connectivity index (χ4n) is 2.18. The van der Waals surface area contributed by atoms with Crippen molar-refractivity contribution in [3.05, 3.63) is 36.2 Å². The van der Waals surface area contributed by atoms with E-state index >= 15 is 0 Å². The second-order valence-electron chi connectivity index (χ2n) is 4.76. The van der Waals surface area contributed by atoms with E-state index in [1.807, 2.05) is 0 Å². The Kier molecular flexibility index (Phi) is 5.15. The summed E-state index contributed by atoms with van der Waals surface area (Å²) in [6.45, 7) is 6.12. The third-order valence-corrected chi connectivity index (χ3v) is 3.12. The molecular weight excluding hydrogens is 240 g/mol. The maximum atomic E-state index is 4.75. The molecule has 1 atom stereocenters. The van der Waals surface area contributed by atoms with Crippen LogP contribution >= 0.6 is 0 Å². The van der Waals surface area contributed by atoms with Crippen LogP contribution in [-0.2, 0) is 6.54 Å². The number of rotatable bonds is 8. The van der Waals surface area contributed by atoms with Gasteiger partial charge in [-0.1, -0.05) is 25.4 Å². The van der Waals surface area contributed by atoms with Gasteiger partial charge in [-0.15, -0.1) is 0 Å². The average Bonchev–Trinajstić information content (AvgIpc) is 3.07. The largest absolute Gasteiger partial charge is 0.346 e. The molecule has 0 amide bonds. The van der Waals surface area contributed by atoms with Crippen molar-refractivity contribution >= 4 is 0 Å². The number of hydrogen-bond acceptors (Lipinski definition) is 4. The van der Waals surface area contributed by atoms with E-state index in [2.05, 4.69) is 52.3 Å². The molecule has 0 radical (unpaired) electrons. The lowest BCUT2D eigenvalue weighted by molar-refractivity contribution is 0.408. The van der Waals surface area contributed by atoms with Gasteiger partial charge >= 0.3 is 0 Å². The summed E-state index contributed by atoms with van der Waals surface area (Å²) in [5.74, 6) is 0.704. The van der Waals surface area contributed by atoms with Gasteiger partial charge in [0.2, 0.25) is 6.39 Å². The first-order chi connectivity index (χ1) is 9.33. The quantitative estimate of drug-likeness (QED) is 0.794. The number of nitrogens with one attached hydrogen (secondary N) is 1. The predicted octanol–water partition coefficient (Wildman–Crippen LogP) is 2.76. The first kappa shape index (κ1) is 13.8. The van der Waals surface area contributed by atoms with Crippen molar-refractivity contribution in [1.29, 1.82) is 0 Å². The lowest BCUT2D eigenvalue weighted by atomic mass is 10.1. The average molecular weight is 262 g/mol. The minimum Gasteiger partial charge on any atom is -0.346 e. The molecule has 0 aliphatic carbocycles. The second kappa shape index (κ2) is 7.09. The van der Waals surface area contributed by atoms with Crippen molar-refractivity contribution < 1.29 is 4.52 Å². The molecule has 0 spiro atoms. The van der Waals surface area contributed by atoms with E-state index < -0.39 is 0 Å². The molecule has 0 aliphatic heterocycles. The zero-order valence-corrected chi connectivity index (χ0v) is 11.7. The molecule has 2 heterocycles. The third kappa shape index (κ3) is 3.92. The van der Waals surface area contributed by atoms with Crippen molar-refractivity contribution in [3.63, 3.8) is 0 Å². The van der Waals surface area contributed by atoms with Crippen molar-refractivity contribution in [2.45, 2.75) is 45.7 Å². The first-order valence-electron chi connectivity index (χ1n) is 6.97. The van der Waals surface area contributed by atoms with Crippen LogP contribution in [0, 0.1) is 0 Å². The highest BCUT2D eigenvalue weighted by Crippen LogP contribution is 2.19. The summed E-state index contributed by atoms with van der Waals surface area (Å²) in [7, 11) is 0. The minimum atomic E-state index is 0.441. The van der Waals surface area contributed by atoms with Gasteiger partial charge in [0, 0.05) is 18.4 Å². The summed E-state index contributed by atoms with van der Waals surface area (Å²) in [5, 5.41) is 7.42. The molecule has 2 aromatic heterocycles. The molecule has 0 saturated carbocycles. The van der Waals surface area contributed by atoms with Crippen LogP contribution in [-0.4, -0.2) is 21.3 Å². The van der Waals surface area contributed by atoms with E-state index in [1.165, 1.54) is 18.4 Å². The third-order valence-electron chi connectivity index (χ3n) is 3.12. The summed E-state index contributed by atoms with van der Waals surface area (Å²) < 4.78 is 6.84. The van der Waals surface area contributed by atoms with Gasteiger partial charge in [-0.3, -0.25) is 0 Å². The molecule has 5 nitrogen and oxygen atoms in total. The lowest BCUT2D eigenvalue weighted by Crippen LogP contribution is -2.21. The Morgan fingerprint density at radius 3 is 2.95 bits per heavy atom. The summed E-state index contributed by atoms with van der Waals surface area (Å²) in [4.78, 5) is 4.04. The molecule has 1 N–H and O–H groups in total. The van der Waals surface area contributed by atoms with Crippen molar-refractivity contribution in [2.24, 2.45) is 0 Å². The second-order valence-corrected chi connectivity index (χ2v) is 4.76. The Bertz CT molecular complexity index is 464. The molecule has 0 fully saturated rings. The molecular formula is C14H22N4O. The first-order valence-corrected chi connectivity index (χ1v) is 6.97. The van der Waals surface area contributed by atoms with Crippen molar-refractivity contribution in [1.82, 2.24) is 20.0 Å². The molecule has 0 saturated heterocycles. The van der Waals surface area contributed by atoms with E-state index in [0.717, 1.165) is 19.4 Å². The van der Waals surface area contributed by atoms with Gasteiger partial charge in [-0.25, -0.2) is 0 Å². The van der Waals surface area contributed by atoms with Crippen LogP contribution in [0.2, 0.25) is 0 Å². The molecule has 1 unspecified atom stereocenters. The zero-order valence-electron chi connectivity index (χ0n) is 11.7. The van der Waals surface area contributed by atoms with Crippen LogP contribution < -0.4 is 5.32 Å². The Morgan fingerprint density at radius 1 is 1.37 bits per heavy atom. The number of nitrogens with zero attached hydrogens (tertiary/aromatic N) is 3. The Labute approximate surface area is 114 Å². The molecule has 19 heavy (non-hydrogen) atoms. The van der Waals surface area contributed by atoms with Crippen molar-refractivity contribution in [2.75, 3.05) is 6.54 Å². The summed E-state index contributed by atoms with van der Waals surface area (Å²) in [6.07, 6.45) is 9.09. The topological polar surface area (TPSA) is 55.9 Å². The zero-order chi connectivity index (χ0) is 13.5. The predicted molar refractivity (Wildman–Crippen MR) is 73.8 cm³/mol. The van der Waals surface area contributed by atoms with Crippen LogP contribution in [0.5, 0.6) is 0 Å². The Morgan fingerprint density at radius 2 is 2.26 bits per heavy atom. The fourth-order valence-corrected chi connectivity index (χ4v) is 2.18. The maximum Gasteiger partial charge on any atom is 0.213 e. The smallest absolute Gasteiger partial charge is 0.213 e. The van der Waals surface area contributed by atoms with Gasteiger partial charge in [0.05, 0.1) is 6.54 Å². The monoisotopic (exact) mass is 262 g/mol. The SMILES string of the molecule is CCCNC(CCC)c1ccn(Cc2ncon2)c1. The van der Waals surface area contributed by atoms with Crippen LogP contribution in [0.1, 0.15) is 50.5 Å². The molecule has 0 bridgehead atoms. The van der Waals surface area contributed by atoms with Crippen LogP contribution in [0.15, 0.2) is 29.4 Å². The highest BCUT2D eigenvalue weighted by Gasteiger charge is 2.11. The standard InChI is InChI=1S/C14H22N4O/c1-3-5-13(15-7-4-2)12-6-8-18(9-12)10-14-16-11-19-17-14/h6,8-9,11,13,15H,3-5,7,10H2,1-2H3. The van der Waals surface area contributed by atoms with Crippen LogP contribution in [0.25, 0.3) is 0 Å². The lowest BCUT2D eigenvalue weighted by Gasteiger charge is -2.16. The van der Waals surface area contributed by atoms with E-state index in [1.54, 1.807) is 0 Å². The molecule has 2 aromatic rings. The molecule has 2 rings (SSSR count). The van der Waals surface area contributed by atoms with E-state index in [4.69, 9.17) is 4.52 Å². The molecule has 0 aliphatic rings. The Balaban J connectivity index is 2.00. The van der Waals surface area contributed by atoms with Gasteiger partial charge in [0.15, 0.2) is 5.82 Å². The fraction of sp³-hybridized carbons (Fsp3) is 0.571. The van der Waals surface area contributed by atoms with Gasteiger partial charge in [-0.2, -0.15) is 4.98 Å². The van der Waals surface area contributed by atoms with Gasteiger partial charge in [0.25, 0.3) is 0 Å². The molecule has 104 valence electrons. The van der Waals surface area contributed by atoms with E-state index in [-0.39, 0.29) is 0 Å². The van der Waals surface area contributed by atoms with E-state index in [0.29, 0.717) is 18.4 Å². The molecule has 5 heteroatoms. The van der Waals surface area contributed by atoms with Gasteiger partial charge in [-0.05, 0) is 31.0 Å². The van der Waals surface area contributed by atoms with Gasteiger partial charge in [0.1, 0.15) is 0 Å². The van der Waals surface area contributed by atoms with Crippen LogP contribution in [0.3, 0.4) is 0 Å². The van der Waals surface area contributed by atoms with Gasteiger partial charge < -0.3 is 14.4 Å². The maximum absolute atomic E-state index is 4.75. The molecule has 0 aromatic carbocycles. The number of aromatic nitrogens is 3. The Hall–Kier alpha value is -1.62. The highest BCUT2D eigenvalue weighted by atomic mass is 16.5. The summed E-state index contributed by atoms with van der Waals surface area (Å²) >= 11 is 0. The summed E-state index contributed by atoms with van der Waals surface area (Å²) in [6, 6.07) is 2.61. The van der Waals surface area contributed by atoms with Crippen LogP contribution in [0.4, 0.5) is 0 Å².